The Labute approximate surface area is 170 Å². The van der Waals surface area contributed by atoms with Gasteiger partial charge in [-0.3, -0.25) is 0 Å². The van der Waals surface area contributed by atoms with E-state index in [1.54, 1.807) is 13.2 Å². The number of aliphatic hydroxyl groups is 1. The molecular weight excluding hydrogens is 373 g/mol. The van der Waals surface area contributed by atoms with E-state index in [9.17, 15) is 14.6 Å². The van der Waals surface area contributed by atoms with Crippen molar-refractivity contribution in [1.82, 2.24) is 4.90 Å². The lowest BCUT2D eigenvalue weighted by atomic mass is 9.99. The topological polar surface area (TPSA) is 62.2 Å². The molecule has 2 aromatic carbocycles. The molecule has 2 aromatic rings. The summed E-state index contributed by atoms with van der Waals surface area (Å²) < 4.78 is 25.0. The van der Waals surface area contributed by atoms with Gasteiger partial charge in [-0.15, -0.1) is 0 Å². The zero-order valence-electron chi connectivity index (χ0n) is 16.6. The minimum absolute atomic E-state index is 0.0424. The molecule has 2 aliphatic rings. The molecule has 4 atom stereocenters. The standard InChI is InChI=1S/C23H28FNO4/c1-28-19-3-5-20(6-4-19)29-21-8-16-11-25(12-17(16)9-21)13-18(14-26)15-2-7-23(27)22(24)10-15/h2-7,10,16-18,21,26-27H,8-9,11-14H2,1H3/t16-,17+,18?,21?. The van der Waals surface area contributed by atoms with E-state index in [0.717, 1.165) is 43.0 Å². The fraction of sp³-hybridized carbons (Fsp3) is 0.478. The van der Waals surface area contributed by atoms with Crippen LogP contribution in [0.5, 0.6) is 17.2 Å². The molecule has 1 aliphatic heterocycles. The molecule has 2 fully saturated rings. The van der Waals surface area contributed by atoms with Crippen LogP contribution in [0.1, 0.15) is 24.3 Å². The van der Waals surface area contributed by atoms with Gasteiger partial charge in [0.25, 0.3) is 0 Å². The van der Waals surface area contributed by atoms with Crippen LogP contribution in [0.25, 0.3) is 0 Å². The number of fused-ring (bicyclic) bond motifs is 1. The average molecular weight is 401 g/mol. The van der Waals surface area contributed by atoms with E-state index in [1.165, 1.54) is 12.1 Å². The molecule has 29 heavy (non-hydrogen) atoms. The summed E-state index contributed by atoms with van der Waals surface area (Å²) in [4.78, 5) is 2.37. The van der Waals surface area contributed by atoms with Crippen molar-refractivity contribution < 1.29 is 24.1 Å². The van der Waals surface area contributed by atoms with Crippen LogP contribution in [-0.2, 0) is 0 Å². The summed E-state index contributed by atoms with van der Waals surface area (Å²) >= 11 is 0. The van der Waals surface area contributed by atoms with Crippen molar-refractivity contribution >= 4 is 0 Å². The van der Waals surface area contributed by atoms with Crippen LogP contribution in [0.15, 0.2) is 42.5 Å². The molecule has 1 heterocycles. The molecule has 0 bridgehead atoms. The Morgan fingerprint density at radius 1 is 1.07 bits per heavy atom. The normalized spacial score (nSPS) is 25.0. The monoisotopic (exact) mass is 401 g/mol. The number of methoxy groups -OCH3 is 1. The highest BCUT2D eigenvalue weighted by molar-refractivity contribution is 5.32. The summed E-state index contributed by atoms with van der Waals surface area (Å²) in [5.74, 6) is 1.73. The first kappa shape index (κ1) is 20.0. The number of halogens is 1. The van der Waals surface area contributed by atoms with Gasteiger partial charge >= 0.3 is 0 Å². The lowest BCUT2D eigenvalue weighted by Crippen LogP contribution is -2.30. The number of phenolic OH excluding ortho intramolecular Hbond substituents is 1. The number of hydrogen-bond donors (Lipinski definition) is 2. The maximum atomic E-state index is 13.7. The zero-order valence-corrected chi connectivity index (χ0v) is 16.6. The molecule has 1 aliphatic carbocycles. The fourth-order valence-corrected chi connectivity index (χ4v) is 4.79. The Hall–Kier alpha value is -2.31. The van der Waals surface area contributed by atoms with E-state index in [4.69, 9.17) is 9.47 Å². The molecule has 0 aromatic heterocycles. The van der Waals surface area contributed by atoms with Crippen molar-refractivity contribution in [2.24, 2.45) is 11.8 Å². The second kappa shape index (κ2) is 8.59. The van der Waals surface area contributed by atoms with Gasteiger partial charge in [0.2, 0.25) is 0 Å². The molecule has 5 nitrogen and oxygen atoms in total. The second-order valence-corrected chi connectivity index (χ2v) is 8.22. The highest BCUT2D eigenvalue weighted by Gasteiger charge is 2.42. The maximum Gasteiger partial charge on any atom is 0.165 e. The van der Waals surface area contributed by atoms with E-state index in [2.05, 4.69) is 4.90 Å². The quantitative estimate of drug-likeness (QED) is 0.745. The van der Waals surface area contributed by atoms with E-state index < -0.39 is 5.82 Å². The molecule has 6 heteroatoms. The van der Waals surface area contributed by atoms with Crippen LogP contribution in [0.3, 0.4) is 0 Å². The minimum atomic E-state index is -0.641. The van der Waals surface area contributed by atoms with Gasteiger partial charge in [0.05, 0.1) is 19.8 Å². The fourth-order valence-electron chi connectivity index (χ4n) is 4.79. The Bertz CT molecular complexity index is 814. The number of aliphatic hydroxyl groups excluding tert-OH is 1. The summed E-state index contributed by atoms with van der Waals surface area (Å²) in [6.07, 6.45) is 2.30. The minimum Gasteiger partial charge on any atom is -0.505 e. The van der Waals surface area contributed by atoms with Gasteiger partial charge < -0.3 is 24.6 Å². The zero-order chi connectivity index (χ0) is 20.4. The van der Waals surface area contributed by atoms with E-state index in [-0.39, 0.29) is 24.4 Å². The van der Waals surface area contributed by atoms with Gasteiger partial charge in [-0.2, -0.15) is 0 Å². The average Bonchev–Trinajstić information content (AvgIpc) is 3.26. The summed E-state index contributed by atoms with van der Waals surface area (Å²) in [7, 11) is 1.65. The Kier molecular flexibility index (Phi) is 5.92. The molecule has 4 rings (SSSR count). The lowest BCUT2D eigenvalue weighted by Gasteiger charge is -2.24. The smallest absolute Gasteiger partial charge is 0.165 e. The number of hydrogen-bond acceptors (Lipinski definition) is 5. The van der Waals surface area contributed by atoms with Crippen molar-refractivity contribution in [2.75, 3.05) is 33.4 Å². The predicted molar refractivity (Wildman–Crippen MR) is 108 cm³/mol. The lowest BCUT2D eigenvalue weighted by molar-refractivity contribution is 0.175. The summed E-state index contributed by atoms with van der Waals surface area (Å²) in [5, 5.41) is 19.2. The molecule has 1 saturated carbocycles. The molecule has 0 radical (unpaired) electrons. The third-order valence-corrected chi connectivity index (χ3v) is 6.29. The first-order valence-electron chi connectivity index (χ1n) is 10.2. The molecular formula is C23H28FNO4. The van der Waals surface area contributed by atoms with Crippen LogP contribution in [0, 0.1) is 17.7 Å². The van der Waals surface area contributed by atoms with Crippen molar-refractivity contribution in [3.05, 3.63) is 53.8 Å². The highest BCUT2D eigenvalue weighted by Crippen LogP contribution is 2.40. The third kappa shape index (κ3) is 4.49. The van der Waals surface area contributed by atoms with Gasteiger partial charge in [-0.05, 0) is 66.6 Å². The number of ether oxygens (including phenoxy) is 2. The molecule has 0 spiro atoms. The van der Waals surface area contributed by atoms with Gasteiger partial charge in [-0.1, -0.05) is 6.07 Å². The first-order valence-corrected chi connectivity index (χ1v) is 10.2. The van der Waals surface area contributed by atoms with Crippen LogP contribution in [0.4, 0.5) is 4.39 Å². The molecule has 2 unspecified atom stereocenters. The van der Waals surface area contributed by atoms with Crippen LogP contribution < -0.4 is 9.47 Å². The molecule has 1 saturated heterocycles. The Balaban J connectivity index is 1.30. The van der Waals surface area contributed by atoms with Crippen molar-refractivity contribution in [3.8, 4) is 17.2 Å². The van der Waals surface area contributed by atoms with Crippen molar-refractivity contribution in [1.29, 1.82) is 0 Å². The molecule has 2 N–H and O–H groups in total. The number of nitrogens with zero attached hydrogens (tertiary/aromatic N) is 1. The van der Waals surface area contributed by atoms with Crippen LogP contribution >= 0.6 is 0 Å². The Morgan fingerprint density at radius 2 is 1.72 bits per heavy atom. The number of aromatic hydroxyl groups is 1. The van der Waals surface area contributed by atoms with Gasteiger partial charge in [0.15, 0.2) is 11.6 Å². The number of benzene rings is 2. The second-order valence-electron chi connectivity index (χ2n) is 8.22. The number of rotatable bonds is 7. The van der Waals surface area contributed by atoms with Crippen LogP contribution in [-0.4, -0.2) is 54.6 Å². The largest absolute Gasteiger partial charge is 0.505 e. The van der Waals surface area contributed by atoms with E-state index in [1.807, 2.05) is 24.3 Å². The highest BCUT2D eigenvalue weighted by atomic mass is 19.1. The summed E-state index contributed by atoms with van der Waals surface area (Å²) in [5.41, 5.74) is 0.723. The summed E-state index contributed by atoms with van der Waals surface area (Å²) in [6.45, 7) is 2.60. The van der Waals surface area contributed by atoms with E-state index >= 15 is 0 Å². The third-order valence-electron chi connectivity index (χ3n) is 6.29. The van der Waals surface area contributed by atoms with Gasteiger partial charge in [-0.25, -0.2) is 4.39 Å². The Morgan fingerprint density at radius 3 is 2.31 bits per heavy atom. The maximum absolute atomic E-state index is 13.7. The van der Waals surface area contributed by atoms with E-state index in [0.29, 0.717) is 18.4 Å². The SMILES string of the molecule is COc1ccc(OC2C[C@@H]3CN(CC(CO)c4ccc(O)c(F)c4)C[C@@H]3C2)cc1. The van der Waals surface area contributed by atoms with Crippen LogP contribution in [0.2, 0.25) is 0 Å². The summed E-state index contributed by atoms with van der Waals surface area (Å²) in [6, 6.07) is 12.1. The van der Waals surface area contributed by atoms with Gasteiger partial charge in [0, 0.05) is 25.6 Å². The van der Waals surface area contributed by atoms with Crippen molar-refractivity contribution in [3.63, 3.8) is 0 Å². The number of likely N-dealkylation sites (tertiary alicyclic amines) is 1. The molecule has 0 amide bonds. The van der Waals surface area contributed by atoms with Crippen molar-refractivity contribution in [2.45, 2.75) is 24.9 Å². The predicted octanol–water partition coefficient (Wildman–Crippen LogP) is 3.41. The first-order chi connectivity index (χ1) is 14.1. The number of phenols is 1. The molecule has 156 valence electrons. The van der Waals surface area contributed by atoms with Gasteiger partial charge in [0.1, 0.15) is 11.5 Å².